The van der Waals surface area contributed by atoms with Crippen molar-refractivity contribution in [2.24, 2.45) is 15.9 Å². The molecule has 0 bridgehead atoms. The van der Waals surface area contributed by atoms with Gasteiger partial charge >= 0.3 is 0 Å². The summed E-state index contributed by atoms with van der Waals surface area (Å²) in [5.41, 5.74) is 12.5. The van der Waals surface area contributed by atoms with Crippen molar-refractivity contribution in [2.45, 2.75) is 25.8 Å². The third-order valence-corrected chi connectivity index (χ3v) is 12.7. The van der Waals surface area contributed by atoms with E-state index in [1.165, 1.54) is 48.0 Å². The zero-order valence-corrected chi connectivity index (χ0v) is 33.8. The number of rotatable bonds is 8. The summed E-state index contributed by atoms with van der Waals surface area (Å²) < 4.78 is 2.45. The molecule has 1 aliphatic rings. The van der Waals surface area contributed by atoms with Crippen LogP contribution in [0.2, 0.25) is 0 Å². The van der Waals surface area contributed by atoms with Crippen LogP contribution in [0.3, 0.4) is 0 Å². The van der Waals surface area contributed by atoms with Crippen LogP contribution in [0, 0.1) is 5.92 Å². The topological polar surface area (TPSA) is 28.0 Å². The van der Waals surface area contributed by atoms with Crippen molar-refractivity contribution in [1.82, 2.24) is 0 Å². The summed E-state index contributed by atoms with van der Waals surface area (Å²) in [4.78, 5) is 13.7. The summed E-state index contributed by atoms with van der Waals surface area (Å²) in [6, 6.07) is 74.0. The molecule has 0 fully saturated rings. The maximum atomic E-state index is 5.72. The molecular weight excluding hydrogens is 735 g/mol. The van der Waals surface area contributed by atoms with Gasteiger partial charge in [0.2, 0.25) is 0 Å². The molecule has 0 N–H and O–H groups in total. The Bertz CT molecular complexity index is 2830. The first-order chi connectivity index (χ1) is 29.2. The van der Waals surface area contributed by atoms with Gasteiger partial charge in [0.1, 0.15) is 0 Å². The second kappa shape index (κ2) is 16.2. The predicted octanol–water partition coefficient (Wildman–Crippen LogP) is 15.3. The van der Waals surface area contributed by atoms with Gasteiger partial charge in [0.05, 0.1) is 11.8 Å². The number of amidine groups is 1. The molecule has 0 spiro atoms. The Hall–Kier alpha value is -6.88. The van der Waals surface area contributed by atoms with Gasteiger partial charge in [0.25, 0.3) is 0 Å². The highest BCUT2D eigenvalue weighted by Gasteiger charge is 2.26. The molecule has 0 radical (unpaired) electrons. The van der Waals surface area contributed by atoms with Crippen molar-refractivity contribution in [3.63, 3.8) is 0 Å². The summed E-state index contributed by atoms with van der Waals surface area (Å²) in [7, 11) is 0. The van der Waals surface area contributed by atoms with Crippen molar-refractivity contribution in [3.05, 3.63) is 223 Å². The largest absolute Gasteiger partial charge is 0.310 e. The van der Waals surface area contributed by atoms with Crippen molar-refractivity contribution in [2.75, 3.05) is 4.90 Å². The monoisotopic (exact) mass is 777 g/mol. The zero-order valence-electron chi connectivity index (χ0n) is 32.9. The van der Waals surface area contributed by atoms with E-state index < -0.39 is 0 Å². The Kier molecular flexibility index (Phi) is 9.99. The molecule has 0 aliphatic carbocycles. The quantitative estimate of drug-likeness (QED) is 0.151. The highest BCUT2D eigenvalue weighted by atomic mass is 32.1. The third-order valence-electron chi connectivity index (χ3n) is 11.6. The number of nitrogens with zero attached hydrogens (tertiary/aromatic N) is 3. The van der Waals surface area contributed by atoms with E-state index in [1.54, 1.807) is 0 Å². The van der Waals surface area contributed by atoms with Crippen LogP contribution in [-0.2, 0) is 0 Å². The number of thiophene rings is 1. The maximum absolute atomic E-state index is 5.72. The lowest BCUT2D eigenvalue weighted by atomic mass is 9.88. The Morgan fingerprint density at radius 1 is 0.492 bits per heavy atom. The van der Waals surface area contributed by atoms with E-state index in [1.807, 2.05) is 11.3 Å². The van der Waals surface area contributed by atoms with Gasteiger partial charge < -0.3 is 4.90 Å². The van der Waals surface area contributed by atoms with E-state index in [0.29, 0.717) is 5.92 Å². The molecule has 10 rings (SSSR count). The third kappa shape index (κ3) is 7.40. The van der Waals surface area contributed by atoms with Gasteiger partial charge in [-0.05, 0) is 94.6 Å². The van der Waals surface area contributed by atoms with Gasteiger partial charge in [0.15, 0.2) is 5.84 Å². The molecular formula is C55H43N3S. The average molecular weight is 778 g/mol. The lowest BCUT2D eigenvalue weighted by Crippen LogP contribution is -2.18. The molecule has 1 aliphatic heterocycles. The van der Waals surface area contributed by atoms with E-state index in [9.17, 15) is 0 Å². The van der Waals surface area contributed by atoms with Crippen molar-refractivity contribution in [1.29, 1.82) is 0 Å². The molecule has 3 nitrogen and oxygen atoms in total. The van der Waals surface area contributed by atoms with Crippen LogP contribution >= 0.6 is 11.3 Å². The lowest BCUT2D eigenvalue weighted by molar-refractivity contribution is 0.446. The fourth-order valence-electron chi connectivity index (χ4n) is 8.48. The van der Waals surface area contributed by atoms with E-state index in [2.05, 4.69) is 218 Å². The van der Waals surface area contributed by atoms with E-state index in [4.69, 9.17) is 9.98 Å². The van der Waals surface area contributed by atoms with Gasteiger partial charge in [-0.25, -0.2) is 4.99 Å². The molecule has 1 unspecified atom stereocenters. The molecule has 2 atom stereocenters. The summed E-state index contributed by atoms with van der Waals surface area (Å²) in [5.74, 6) is 1.08. The standard InChI is InChI=1S/C55H43N3S/c1-38-26-35-50(43-20-10-4-11-21-43)56-55(57-54(38)44-22-12-5-13-23-44)49-36-47(37-52-53(49)48-24-14-15-25-51(48)59-52)58(45-31-27-41(28-32-45)39-16-6-2-7-17-39)46-33-29-42(30-34-46)40-18-8-3-9-19-40/h2-25,27-34,36-38,54H,26,35H2,1H3/b56-50+,57-55-/t38-,54?/m1/s1. The fraction of sp³-hybridized carbons (Fsp3) is 0.0909. The van der Waals surface area contributed by atoms with Gasteiger partial charge in [-0.15, -0.1) is 11.3 Å². The van der Waals surface area contributed by atoms with Gasteiger partial charge in [-0.3, -0.25) is 4.99 Å². The smallest absolute Gasteiger partial charge is 0.156 e. The Balaban J connectivity index is 1.21. The predicted molar refractivity (Wildman–Crippen MR) is 252 cm³/mol. The number of hydrogen-bond acceptors (Lipinski definition) is 4. The van der Waals surface area contributed by atoms with E-state index >= 15 is 0 Å². The molecule has 2 heterocycles. The Labute approximate surface area is 350 Å². The normalized spacial score (nSPS) is 17.4. The molecule has 1 aromatic heterocycles. The number of anilines is 3. The number of benzene rings is 8. The van der Waals surface area contributed by atoms with Crippen molar-refractivity contribution >= 4 is 60.1 Å². The minimum Gasteiger partial charge on any atom is -0.310 e. The minimum absolute atomic E-state index is 0.0388. The molecule has 4 heteroatoms. The maximum Gasteiger partial charge on any atom is 0.156 e. The van der Waals surface area contributed by atoms with Crippen LogP contribution in [0.5, 0.6) is 0 Å². The van der Waals surface area contributed by atoms with Crippen LogP contribution in [0.25, 0.3) is 42.4 Å². The van der Waals surface area contributed by atoms with E-state index in [-0.39, 0.29) is 6.04 Å². The Morgan fingerprint density at radius 3 is 1.59 bits per heavy atom. The van der Waals surface area contributed by atoms with Gasteiger partial charge in [0, 0.05) is 42.8 Å². The second-order valence-electron chi connectivity index (χ2n) is 15.4. The second-order valence-corrected chi connectivity index (χ2v) is 16.5. The lowest BCUT2D eigenvalue weighted by Gasteiger charge is -2.28. The molecule has 0 saturated carbocycles. The van der Waals surface area contributed by atoms with Crippen LogP contribution in [0.4, 0.5) is 17.1 Å². The highest BCUT2D eigenvalue weighted by molar-refractivity contribution is 7.26. The molecule has 0 amide bonds. The average Bonchev–Trinajstić information content (AvgIpc) is 3.68. The number of hydrogen-bond donors (Lipinski definition) is 0. The van der Waals surface area contributed by atoms with Crippen LogP contribution < -0.4 is 4.90 Å². The van der Waals surface area contributed by atoms with Crippen LogP contribution in [-0.4, -0.2) is 11.5 Å². The molecule has 284 valence electrons. The summed E-state index contributed by atoms with van der Waals surface area (Å²) in [6.45, 7) is 2.35. The number of aliphatic imine (C=N–C) groups is 2. The van der Waals surface area contributed by atoms with Crippen LogP contribution in [0.15, 0.2) is 216 Å². The fourth-order valence-corrected chi connectivity index (χ4v) is 9.64. The molecule has 59 heavy (non-hydrogen) atoms. The summed E-state index contributed by atoms with van der Waals surface area (Å²) in [6.07, 6.45) is 1.86. The first kappa shape index (κ1) is 36.5. The Morgan fingerprint density at radius 2 is 1.00 bits per heavy atom. The van der Waals surface area contributed by atoms with Crippen LogP contribution in [0.1, 0.15) is 42.5 Å². The van der Waals surface area contributed by atoms with Gasteiger partial charge in [-0.1, -0.05) is 171 Å². The zero-order chi connectivity index (χ0) is 39.5. The number of fused-ring (bicyclic) bond motifs is 3. The summed E-state index contributed by atoms with van der Waals surface area (Å²) in [5, 5.41) is 2.42. The van der Waals surface area contributed by atoms with Crippen molar-refractivity contribution < 1.29 is 0 Å². The highest BCUT2D eigenvalue weighted by Crippen LogP contribution is 2.44. The first-order valence-electron chi connectivity index (χ1n) is 20.5. The summed E-state index contributed by atoms with van der Waals surface area (Å²) >= 11 is 1.84. The SMILES string of the molecule is C[C@@H]1CC/C(c2ccccc2)=N\C(c2cc(N(c3ccc(-c4ccccc4)cc3)c3ccc(-c4ccccc4)cc3)cc3sc4ccccc4c23)=N/C1c1ccccc1. The van der Waals surface area contributed by atoms with Crippen molar-refractivity contribution in [3.8, 4) is 22.3 Å². The molecule has 9 aromatic rings. The first-order valence-corrected chi connectivity index (χ1v) is 21.3. The van der Waals surface area contributed by atoms with E-state index in [0.717, 1.165) is 52.6 Å². The van der Waals surface area contributed by atoms with Gasteiger partial charge in [-0.2, -0.15) is 0 Å². The minimum atomic E-state index is -0.0388. The molecule has 8 aromatic carbocycles. The molecule has 0 saturated heterocycles.